The van der Waals surface area contributed by atoms with Gasteiger partial charge in [-0.2, -0.15) is 0 Å². The summed E-state index contributed by atoms with van der Waals surface area (Å²) in [7, 11) is -3.74. The fourth-order valence-corrected chi connectivity index (χ4v) is 3.76. The van der Waals surface area contributed by atoms with Crippen molar-refractivity contribution < 1.29 is 27.7 Å². The van der Waals surface area contributed by atoms with E-state index in [0.29, 0.717) is 37.7 Å². The molecule has 0 aromatic heterocycles. The summed E-state index contributed by atoms with van der Waals surface area (Å²) in [5.41, 5.74) is 0. The van der Waals surface area contributed by atoms with E-state index in [9.17, 15) is 13.5 Å². The number of nitrogens with one attached hydrogen (secondary N) is 1. The Morgan fingerprint density at radius 2 is 1.91 bits per heavy atom. The Labute approximate surface area is 129 Å². The zero-order chi connectivity index (χ0) is 15.6. The van der Waals surface area contributed by atoms with Gasteiger partial charge in [-0.1, -0.05) is 0 Å². The highest BCUT2D eigenvalue weighted by atomic mass is 32.2. The number of aliphatic hydroxyl groups is 1. The SMILES string of the molecule is O=S(=O)(N[C@@H]1CCOC[C@H]1O)c1ccc2c(c1)OCCCO2. The lowest BCUT2D eigenvalue weighted by Crippen LogP contribution is -2.48. The molecule has 0 aliphatic carbocycles. The van der Waals surface area contributed by atoms with Crippen molar-refractivity contribution in [2.24, 2.45) is 0 Å². The maximum atomic E-state index is 12.5. The van der Waals surface area contributed by atoms with Gasteiger partial charge in [0.05, 0.1) is 36.9 Å². The molecule has 8 heteroatoms. The van der Waals surface area contributed by atoms with E-state index in [-0.39, 0.29) is 11.5 Å². The van der Waals surface area contributed by atoms with Crippen molar-refractivity contribution in [3.05, 3.63) is 18.2 Å². The third-order valence-corrected chi connectivity index (χ3v) is 5.15. The highest BCUT2D eigenvalue weighted by Gasteiger charge is 2.29. The lowest BCUT2D eigenvalue weighted by molar-refractivity contribution is -0.0222. The number of hydrogen-bond acceptors (Lipinski definition) is 6. The van der Waals surface area contributed by atoms with Crippen molar-refractivity contribution in [1.29, 1.82) is 0 Å². The third-order valence-electron chi connectivity index (χ3n) is 3.66. The van der Waals surface area contributed by atoms with Crippen LogP contribution >= 0.6 is 0 Å². The molecule has 1 aromatic rings. The second-order valence-corrected chi connectivity index (χ2v) is 7.03. The molecule has 2 aliphatic heterocycles. The van der Waals surface area contributed by atoms with Gasteiger partial charge in [-0.3, -0.25) is 0 Å². The summed E-state index contributed by atoms with van der Waals surface area (Å²) in [5, 5.41) is 9.81. The van der Waals surface area contributed by atoms with E-state index in [1.807, 2.05) is 0 Å². The van der Waals surface area contributed by atoms with Gasteiger partial charge in [0.1, 0.15) is 0 Å². The lowest BCUT2D eigenvalue weighted by Gasteiger charge is -2.28. The Morgan fingerprint density at radius 3 is 2.68 bits per heavy atom. The minimum Gasteiger partial charge on any atom is -0.490 e. The zero-order valence-electron chi connectivity index (χ0n) is 12.0. The fourth-order valence-electron chi connectivity index (χ4n) is 2.44. The van der Waals surface area contributed by atoms with Crippen LogP contribution in [0.3, 0.4) is 0 Å². The number of rotatable bonds is 3. The molecule has 1 aromatic carbocycles. The molecule has 7 nitrogen and oxygen atoms in total. The van der Waals surface area contributed by atoms with Crippen LogP contribution in [-0.2, 0) is 14.8 Å². The first-order valence-corrected chi connectivity index (χ1v) is 8.72. The molecule has 3 rings (SSSR count). The first kappa shape index (κ1) is 15.5. The molecular weight excluding hydrogens is 310 g/mol. The average molecular weight is 329 g/mol. The van der Waals surface area contributed by atoms with E-state index < -0.39 is 22.2 Å². The van der Waals surface area contributed by atoms with Crippen LogP contribution in [0.5, 0.6) is 11.5 Å². The minimum atomic E-state index is -3.74. The molecular formula is C14H19NO6S. The monoisotopic (exact) mass is 329 g/mol. The normalized spacial score (nSPS) is 25.5. The van der Waals surface area contributed by atoms with Gasteiger partial charge in [0.25, 0.3) is 0 Å². The van der Waals surface area contributed by atoms with Gasteiger partial charge in [0.15, 0.2) is 11.5 Å². The summed E-state index contributed by atoms with van der Waals surface area (Å²) in [6.45, 7) is 1.59. The number of ether oxygens (including phenoxy) is 3. The van der Waals surface area contributed by atoms with Crippen LogP contribution in [0.15, 0.2) is 23.1 Å². The van der Waals surface area contributed by atoms with Crippen LogP contribution in [0.2, 0.25) is 0 Å². The quantitative estimate of drug-likeness (QED) is 0.827. The van der Waals surface area contributed by atoms with Crippen LogP contribution < -0.4 is 14.2 Å². The first-order valence-electron chi connectivity index (χ1n) is 7.24. The summed E-state index contributed by atoms with van der Waals surface area (Å²) in [6.07, 6.45) is 0.345. The van der Waals surface area contributed by atoms with Crippen LogP contribution in [0.4, 0.5) is 0 Å². The standard InChI is InChI=1S/C14H19NO6S/c16-12-9-19-7-4-11(12)15-22(17,18)10-2-3-13-14(8-10)21-6-1-5-20-13/h2-3,8,11-12,15-16H,1,4-7,9H2/t11-,12-/m1/s1. The molecule has 22 heavy (non-hydrogen) atoms. The van der Waals surface area contributed by atoms with E-state index in [0.717, 1.165) is 6.42 Å². The molecule has 0 saturated carbocycles. The van der Waals surface area contributed by atoms with Gasteiger partial charge in [0.2, 0.25) is 10.0 Å². The summed E-state index contributed by atoms with van der Waals surface area (Å²) in [6, 6.07) is 3.97. The highest BCUT2D eigenvalue weighted by Crippen LogP contribution is 2.32. The topological polar surface area (TPSA) is 94.1 Å². The Hall–Kier alpha value is -1.35. The molecule has 1 fully saturated rings. The molecule has 0 unspecified atom stereocenters. The van der Waals surface area contributed by atoms with E-state index >= 15 is 0 Å². The van der Waals surface area contributed by atoms with E-state index in [4.69, 9.17) is 14.2 Å². The van der Waals surface area contributed by atoms with E-state index in [1.54, 1.807) is 6.07 Å². The Morgan fingerprint density at radius 1 is 1.14 bits per heavy atom. The smallest absolute Gasteiger partial charge is 0.241 e. The molecule has 1 saturated heterocycles. The maximum Gasteiger partial charge on any atom is 0.241 e. The predicted octanol–water partition coefficient (Wildman–Crippen LogP) is 0.276. The highest BCUT2D eigenvalue weighted by molar-refractivity contribution is 7.89. The van der Waals surface area contributed by atoms with Gasteiger partial charge in [-0.15, -0.1) is 0 Å². The van der Waals surface area contributed by atoms with Gasteiger partial charge >= 0.3 is 0 Å². The van der Waals surface area contributed by atoms with Crippen molar-refractivity contribution in [3.8, 4) is 11.5 Å². The Bertz CT molecular complexity index is 632. The van der Waals surface area contributed by atoms with Gasteiger partial charge in [0, 0.05) is 19.1 Å². The number of sulfonamides is 1. The number of aliphatic hydroxyl groups excluding tert-OH is 1. The van der Waals surface area contributed by atoms with Gasteiger partial charge < -0.3 is 19.3 Å². The van der Waals surface area contributed by atoms with Gasteiger partial charge in [-0.05, 0) is 18.6 Å². The van der Waals surface area contributed by atoms with Crippen LogP contribution in [0.25, 0.3) is 0 Å². The molecule has 2 aliphatic rings. The summed E-state index contributed by atoms with van der Waals surface area (Å²) in [5.74, 6) is 0.968. The van der Waals surface area contributed by atoms with E-state index in [2.05, 4.69) is 4.72 Å². The number of hydrogen-bond donors (Lipinski definition) is 2. The largest absolute Gasteiger partial charge is 0.490 e. The van der Waals surface area contributed by atoms with Crippen molar-refractivity contribution in [3.63, 3.8) is 0 Å². The molecule has 0 spiro atoms. The molecule has 0 amide bonds. The maximum absolute atomic E-state index is 12.5. The first-order chi connectivity index (χ1) is 10.6. The zero-order valence-corrected chi connectivity index (χ0v) is 12.8. The molecule has 122 valence electrons. The van der Waals surface area contributed by atoms with Crippen LogP contribution in [0.1, 0.15) is 12.8 Å². The molecule has 2 heterocycles. The van der Waals surface area contributed by atoms with Crippen LogP contribution in [-0.4, -0.2) is 52.1 Å². The van der Waals surface area contributed by atoms with Gasteiger partial charge in [-0.25, -0.2) is 13.1 Å². The van der Waals surface area contributed by atoms with Crippen molar-refractivity contribution in [1.82, 2.24) is 4.72 Å². The summed E-state index contributed by atoms with van der Waals surface area (Å²) >= 11 is 0. The van der Waals surface area contributed by atoms with E-state index in [1.165, 1.54) is 12.1 Å². The van der Waals surface area contributed by atoms with Crippen molar-refractivity contribution in [2.45, 2.75) is 29.9 Å². The fraction of sp³-hybridized carbons (Fsp3) is 0.571. The molecule has 2 N–H and O–H groups in total. The predicted molar refractivity (Wildman–Crippen MR) is 77.6 cm³/mol. The summed E-state index contributed by atoms with van der Waals surface area (Å²) in [4.78, 5) is 0.0930. The lowest BCUT2D eigenvalue weighted by atomic mass is 10.1. The molecule has 0 bridgehead atoms. The number of fused-ring (bicyclic) bond motifs is 1. The molecule has 2 atom stereocenters. The second-order valence-electron chi connectivity index (χ2n) is 5.32. The van der Waals surface area contributed by atoms with Crippen molar-refractivity contribution in [2.75, 3.05) is 26.4 Å². The Kier molecular flexibility index (Phi) is 4.53. The minimum absolute atomic E-state index is 0.0930. The number of benzene rings is 1. The van der Waals surface area contributed by atoms with Crippen molar-refractivity contribution >= 4 is 10.0 Å². The molecule has 0 radical (unpaired) electrons. The Balaban J connectivity index is 1.81. The summed E-state index contributed by atoms with van der Waals surface area (Å²) < 4.78 is 43.5. The van der Waals surface area contributed by atoms with Crippen LogP contribution in [0, 0.1) is 0 Å². The average Bonchev–Trinajstić information content (AvgIpc) is 2.74. The second kappa shape index (κ2) is 6.41. The third kappa shape index (κ3) is 3.35.